The molecule has 0 aliphatic carbocycles. The SMILES string of the molecule is C=C(/C=C/c1ccn2c(CNCC(C)(C)C)c(-c3ccccc3)nc2c1)NO. The molecule has 0 amide bonds. The van der Waals surface area contributed by atoms with Crippen molar-refractivity contribution in [1.29, 1.82) is 0 Å². The normalized spacial score (nSPS) is 12.0. The van der Waals surface area contributed by atoms with Crippen molar-refractivity contribution in [2.45, 2.75) is 27.3 Å². The van der Waals surface area contributed by atoms with Crippen molar-refractivity contribution in [3.05, 3.63) is 78.3 Å². The number of allylic oxidation sites excluding steroid dienone is 1. The van der Waals surface area contributed by atoms with Crippen molar-refractivity contribution in [2.24, 2.45) is 5.41 Å². The molecule has 5 nitrogen and oxygen atoms in total. The van der Waals surface area contributed by atoms with Crippen LogP contribution in [0.4, 0.5) is 0 Å². The van der Waals surface area contributed by atoms with Crippen molar-refractivity contribution in [2.75, 3.05) is 6.54 Å². The number of hydrogen-bond acceptors (Lipinski definition) is 4. The van der Waals surface area contributed by atoms with Gasteiger partial charge in [0.25, 0.3) is 0 Å². The molecule has 2 heterocycles. The molecular weight excluding hydrogens is 348 g/mol. The number of aromatic nitrogens is 2. The van der Waals surface area contributed by atoms with Gasteiger partial charge in [-0.05, 0) is 29.2 Å². The van der Waals surface area contributed by atoms with Gasteiger partial charge in [0.2, 0.25) is 0 Å². The molecular formula is C23H28N4O. The summed E-state index contributed by atoms with van der Waals surface area (Å²) in [5, 5.41) is 12.4. The van der Waals surface area contributed by atoms with E-state index in [0.717, 1.165) is 41.3 Å². The van der Waals surface area contributed by atoms with Gasteiger partial charge in [-0.25, -0.2) is 4.98 Å². The molecule has 5 heteroatoms. The molecule has 146 valence electrons. The largest absolute Gasteiger partial charge is 0.311 e. The maximum absolute atomic E-state index is 8.87. The molecule has 3 N–H and O–H groups in total. The van der Waals surface area contributed by atoms with Crippen LogP contribution in [-0.2, 0) is 6.54 Å². The number of imidazole rings is 1. The molecule has 0 aliphatic heterocycles. The zero-order valence-corrected chi connectivity index (χ0v) is 16.7. The summed E-state index contributed by atoms with van der Waals surface area (Å²) in [6, 6.07) is 14.3. The Morgan fingerprint density at radius 2 is 1.96 bits per heavy atom. The first-order chi connectivity index (χ1) is 13.4. The highest BCUT2D eigenvalue weighted by Gasteiger charge is 2.15. The fourth-order valence-corrected chi connectivity index (χ4v) is 3.00. The third-order valence-electron chi connectivity index (χ3n) is 4.36. The molecule has 3 aromatic rings. The standard InChI is InChI=1S/C23H28N4O/c1-17(26-28)10-11-18-12-13-27-20(15-24-16-23(2,3)4)22(25-21(27)14-18)19-8-6-5-7-9-19/h5-14,24,26,28H,1,15-16H2,2-4H3/b11-10+. The third kappa shape index (κ3) is 4.88. The molecule has 0 unspecified atom stereocenters. The Morgan fingerprint density at radius 1 is 1.21 bits per heavy atom. The Labute approximate surface area is 166 Å². The molecule has 3 rings (SSSR count). The van der Waals surface area contributed by atoms with E-state index in [4.69, 9.17) is 10.2 Å². The zero-order chi connectivity index (χ0) is 20.1. The van der Waals surface area contributed by atoms with Crippen LogP contribution in [0.3, 0.4) is 0 Å². The number of rotatable bonds is 7. The molecule has 0 fully saturated rings. The number of fused-ring (bicyclic) bond motifs is 1. The molecule has 1 aromatic carbocycles. The van der Waals surface area contributed by atoms with E-state index in [0.29, 0.717) is 5.70 Å². The van der Waals surface area contributed by atoms with Gasteiger partial charge in [-0.15, -0.1) is 0 Å². The van der Waals surface area contributed by atoms with Crippen molar-refractivity contribution in [3.8, 4) is 11.3 Å². The summed E-state index contributed by atoms with van der Waals surface area (Å²) in [6.07, 6.45) is 5.65. The highest BCUT2D eigenvalue weighted by Crippen LogP contribution is 2.25. The van der Waals surface area contributed by atoms with Crippen molar-refractivity contribution < 1.29 is 5.21 Å². The molecule has 0 atom stereocenters. The topological polar surface area (TPSA) is 61.6 Å². The summed E-state index contributed by atoms with van der Waals surface area (Å²) in [6.45, 7) is 12.0. The van der Waals surface area contributed by atoms with E-state index in [9.17, 15) is 0 Å². The number of benzene rings is 1. The summed E-state index contributed by atoms with van der Waals surface area (Å²) >= 11 is 0. The second-order valence-electron chi connectivity index (χ2n) is 8.10. The van der Waals surface area contributed by atoms with Crippen LogP contribution in [0.2, 0.25) is 0 Å². The second kappa shape index (κ2) is 8.42. The van der Waals surface area contributed by atoms with Crippen LogP contribution < -0.4 is 10.8 Å². The average Bonchev–Trinajstić information content (AvgIpc) is 3.03. The molecule has 0 aliphatic rings. The lowest BCUT2D eigenvalue weighted by Crippen LogP contribution is -2.27. The van der Waals surface area contributed by atoms with Gasteiger partial charge in [0.05, 0.1) is 17.1 Å². The van der Waals surface area contributed by atoms with E-state index in [1.54, 1.807) is 6.08 Å². The minimum Gasteiger partial charge on any atom is -0.311 e. The molecule has 28 heavy (non-hydrogen) atoms. The van der Waals surface area contributed by atoms with Crippen molar-refractivity contribution in [1.82, 2.24) is 20.2 Å². The minimum atomic E-state index is 0.217. The van der Waals surface area contributed by atoms with Crippen LogP contribution in [0, 0.1) is 5.41 Å². The van der Waals surface area contributed by atoms with E-state index in [1.807, 2.05) is 48.1 Å². The second-order valence-corrected chi connectivity index (χ2v) is 8.10. The molecule has 2 aromatic heterocycles. The first kappa shape index (κ1) is 19.9. The number of pyridine rings is 1. The van der Waals surface area contributed by atoms with Crippen LogP contribution in [0.25, 0.3) is 23.0 Å². The Morgan fingerprint density at radius 3 is 2.64 bits per heavy atom. The highest BCUT2D eigenvalue weighted by molar-refractivity contribution is 5.68. The lowest BCUT2D eigenvalue weighted by Gasteiger charge is -2.19. The van der Waals surface area contributed by atoms with Gasteiger partial charge in [-0.1, -0.05) is 63.8 Å². The third-order valence-corrected chi connectivity index (χ3v) is 4.36. The maximum atomic E-state index is 8.87. The highest BCUT2D eigenvalue weighted by atomic mass is 16.5. The van der Waals surface area contributed by atoms with Crippen LogP contribution in [0.15, 0.2) is 67.0 Å². The van der Waals surface area contributed by atoms with Crippen LogP contribution in [0.5, 0.6) is 0 Å². The van der Waals surface area contributed by atoms with Crippen molar-refractivity contribution in [3.63, 3.8) is 0 Å². The van der Waals surface area contributed by atoms with Gasteiger partial charge in [0.15, 0.2) is 0 Å². The maximum Gasteiger partial charge on any atom is 0.138 e. The summed E-state index contributed by atoms with van der Waals surface area (Å²) < 4.78 is 2.13. The van der Waals surface area contributed by atoms with Crippen LogP contribution in [-0.4, -0.2) is 21.1 Å². The Balaban J connectivity index is 1.99. The fourth-order valence-electron chi connectivity index (χ4n) is 3.00. The summed E-state index contributed by atoms with van der Waals surface area (Å²) in [7, 11) is 0. The Kier molecular flexibility index (Phi) is 5.97. The fraction of sp³-hybridized carbons (Fsp3) is 0.261. The smallest absolute Gasteiger partial charge is 0.138 e. The Hall–Kier alpha value is -2.89. The van der Waals surface area contributed by atoms with Crippen molar-refractivity contribution >= 4 is 11.7 Å². The van der Waals surface area contributed by atoms with Crippen LogP contribution in [0.1, 0.15) is 32.0 Å². The predicted octanol–water partition coefficient (Wildman–Crippen LogP) is 4.64. The predicted molar refractivity (Wildman–Crippen MR) is 115 cm³/mol. The zero-order valence-electron chi connectivity index (χ0n) is 16.7. The molecule has 0 radical (unpaired) electrons. The van der Waals surface area contributed by atoms with Gasteiger partial charge in [0.1, 0.15) is 5.65 Å². The summed E-state index contributed by atoms with van der Waals surface area (Å²) in [5.41, 5.74) is 7.79. The molecule has 0 saturated heterocycles. The number of nitrogens with one attached hydrogen (secondary N) is 2. The summed E-state index contributed by atoms with van der Waals surface area (Å²) in [5.74, 6) is 0. The van der Waals surface area contributed by atoms with E-state index >= 15 is 0 Å². The Bertz CT molecular complexity index is 981. The van der Waals surface area contributed by atoms with Gasteiger partial charge in [0, 0.05) is 24.8 Å². The molecule has 0 saturated carbocycles. The monoisotopic (exact) mass is 376 g/mol. The van der Waals surface area contributed by atoms with Gasteiger partial charge in [-0.2, -0.15) is 0 Å². The van der Waals surface area contributed by atoms with Crippen LogP contribution >= 0.6 is 0 Å². The van der Waals surface area contributed by atoms with Gasteiger partial charge in [-0.3, -0.25) is 10.7 Å². The first-order valence-electron chi connectivity index (χ1n) is 9.41. The van der Waals surface area contributed by atoms with Gasteiger partial charge >= 0.3 is 0 Å². The van der Waals surface area contributed by atoms with Gasteiger partial charge < -0.3 is 9.72 Å². The number of nitrogens with zero attached hydrogens (tertiary/aromatic N) is 2. The van der Waals surface area contributed by atoms with E-state index in [2.05, 4.69) is 49.2 Å². The number of hydroxylamine groups is 1. The quantitative estimate of drug-likeness (QED) is 0.415. The van der Waals surface area contributed by atoms with E-state index < -0.39 is 0 Å². The average molecular weight is 377 g/mol. The number of hydrogen-bond donors (Lipinski definition) is 3. The lowest BCUT2D eigenvalue weighted by molar-refractivity contribution is 0.205. The van der Waals surface area contributed by atoms with E-state index in [-0.39, 0.29) is 5.41 Å². The molecule has 0 spiro atoms. The molecule has 0 bridgehead atoms. The van der Waals surface area contributed by atoms with E-state index in [1.165, 1.54) is 0 Å². The first-order valence-corrected chi connectivity index (χ1v) is 9.41. The lowest BCUT2D eigenvalue weighted by atomic mass is 9.97. The summed E-state index contributed by atoms with van der Waals surface area (Å²) in [4.78, 5) is 4.91. The minimum absolute atomic E-state index is 0.217.